The maximum Gasteiger partial charge on any atom is 0.337 e. The van der Waals surface area contributed by atoms with Crippen molar-refractivity contribution < 1.29 is 9.90 Å². The highest BCUT2D eigenvalue weighted by Gasteiger charge is 2.14. The predicted molar refractivity (Wildman–Crippen MR) is 83.6 cm³/mol. The minimum Gasteiger partial charge on any atom is -0.478 e. The standard InChI is InChI=1S/C18H15NO2/c1-11-6-5-9-13(12(11)2)17-15-8-4-3-7-14(15)16(10-19-17)18(20)21/h3-10H,1-2H3,(H,20,21). The number of nitrogens with zero attached hydrogens (tertiary/aromatic N) is 1. The van der Waals surface area contributed by atoms with Gasteiger partial charge < -0.3 is 5.11 Å². The quantitative estimate of drug-likeness (QED) is 0.763. The first-order valence-electron chi connectivity index (χ1n) is 6.77. The van der Waals surface area contributed by atoms with Crippen LogP contribution < -0.4 is 0 Å². The van der Waals surface area contributed by atoms with E-state index in [4.69, 9.17) is 0 Å². The van der Waals surface area contributed by atoms with Gasteiger partial charge in [0.15, 0.2) is 0 Å². The first kappa shape index (κ1) is 13.3. The summed E-state index contributed by atoms with van der Waals surface area (Å²) in [6.07, 6.45) is 1.45. The Balaban J connectivity index is 2.37. The fourth-order valence-corrected chi connectivity index (χ4v) is 2.59. The van der Waals surface area contributed by atoms with Crippen LogP contribution in [0.25, 0.3) is 22.0 Å². The number of hydrogen-bond donors (Lipinski definition) is 1. The summed E-state index contributed by atoms with van der Waals surface area (Å²) in [5.74, 6) is -0.953. The van der Waals surface area contributed by atoms with Crippen LogP contribution in [0.15, 0.2) is 48.7 Å². The summed E-state index contributed by atoms with van der Waals surface area (Å²) in [7, 11) is 0. The van der Waals surface area contributed by atoms with E-state index in [1.54, 1.807) is 0 Å². The summed E-state index contributed by atoms with van der Waals surface area (Å²) in [4.78, 5) is 15.8. The highest BCUT2D eigenvalue weighted by Crippen LogP contribution is 2.31. The van der Waals surface area contributed by atoms with Crippen molar-refractivity contribution in [2.45, 2.75) is 13.8 Å². The molecule has 0 fully saturated rings. The van der Waals surface area contributed by atoms with E-state index >= 15 is 0 Å². The number of carbonyl (C=O) groups is 1. The molecular formula is C18H15NO2. The number of benzene rings is 2. The van der Waals surface area contributed by atoms with Gasteiger partial charge in [0.2, 0.25) is 0 Å². The molecule has 3 heteroatoms. The molecule has 0 saturated heterocycles. The lowest BCUT2D eigenvalue weighted by molar-refractivity contribution is 0.0698. The Hall–Kier alpha value is -2.68. The second kappa shape index (κ2) is 5.02. The Labute approximate surface area is 122 Å². The normalized spacial score (nSPS) is 10.8. The zero-order chi connectivity index (χ0) is 15.0. The molecule has 21 heavy (non-hydrogen) atoms. The van der Waals surface area contributed by atoms with Gasteiger partial charge in [-0.15, -0.1) is 0 Å². The predicted octanol–water partition coefficient (Wildman–Crippen LogP) is 4.22. The molecule has 0 bridgehead atoms. The molecule has 3 aromatic rings. The van der Waals surface area contributed by atoms with Crippen molar-refractivity contribution in [2.24, 2.45) is 0 Å². The Morgan fingerprint density at radius 1 is 1.00 bits per heavy atom. The molecule has 0 atom stereocenters. The third-order valence-corrected chi connectivity index (χ3v) is 3.89. The van der Waals surface area contributed by atoms with Gasteiger partial charge in [0.25, 0.3) is 0 Å². The average molecular weight is 277 g/mol. The lowest BCUT2D eigenvalue weighted by Crippen LogP contribution is -2.00. The van der Waals surface area contributed by atoms with E-state index in [9.17, 15) is 9.90 Å². The minimum absolute atomic E-state index is 0.236. The van der Waals surface area contributed by atoms with Crippen LogP contribution in [0.5, 0.6) is 0 Å². The van der Waals surface area contributed by atoms with E-state index in [2.05, 4.69) is 24.9 Å². The Kier molecular flexibility index (Phi) is 3.18. The number of pyridine rings is 1. The summed E-state index contributed by atoms with van der Waals surface area (Å²) in [5, 5.41) is 10.9. The largest absolute Gasteiger partial charge is 0.478 e. The van der Waals surface area contributed by atoms with Gasteiger partial charge in [-0.3, -0.25) is 4.98 Å². The number of aromatic carboxylic acids is 1. The van der Waals surface area contributed by atoms with Crippen LogP contribution in [0, 0.1) is 13.8 Å². The fourth-order valence-electron chi connectivity index (χ4n) is 2.59. The van der Waals surface area contributed by atoms with Gasteiger partial charge in [0.05, 0.1) is 11.3 Å². The molecule has 3 rings (SSSR count). The van der Waals surface area contributed by atoms with Crippen molar-refractivity contribution in [3.05, 3.63) is 65.4 Å². The SMILES string of the molecule is Cc1cccc(-c2ncc(C(=O)O)c3ccccc23)c1C. The smallest absolute Gasteiger partial charge is 0.337 e. The van der Waals surface area contributed by atoms with Gasteiger partial charge in [-0.05, 0) is 30.4 Å². The van der Waals surface area contributed by atoms with E-state index in [1.165, 1.54) is 17.3 Å². The third-order valence-electron chi connectivity index (χ3n) is 3.89. The molecular weight excluding hydrogens is 262 g/mol. The number of carboxylic acid groups (broad SMARTS) is 1. The zero-order valence-corrected chi connectivity index (χ0v) is 11.9. The van der Waals surface area contributed by atoms with Crippen LogP contribution in [0.3, 0.4) is 0 Å². The Morgan fingerprint density at radius 2 is 1.71 bits per heavy atom. The van der Waals surface area contributed by atoms with E-state index in [0.29, 0.717) is 0 Å². The van der Waals surface area contributed by atoms with Crippen molar-refractivity contribution in [1.82, 2.24) is 4.98 Å². The van der Waals surface area contributed by atoms with Crippen LogP contribution in [0.2, 0.25) is 0 Å². The minimum atomic E-state index is -0.953. The van der Waals surface area contributed by atoms with Crippen LogP contribution >= 0.6 is 0 Å². The molecule has 1 heterocycles. The number of rotatable bonds is 2. The number of aromatic nitrogens is 1. The van der Waals surface area contributed by atoms with Crippen molar-refractivity contribution in [3.8, 4) is 11.3 Å². The van der Waals surface area contributed by atoms with Crippen molar-refractivity contribution >= 4 is 16.7 Å². The summed E-state index contributed by atoms with van der Waals surface area (Å²) >= 11 is 0. The summed E-state index contributed by atoms with van der Waals surface area (Å²) in [5.41, 5.74) is 4.47. The monoisotopic (exact) mass is 277 g/mol. The topological polar surface area (TPSA) is 50.2 Å². The molecule has 104 valence electrons. The molecule has 1 N–H and O–H groups in total. The molecule has 0 amide bonds. The average Bonchev–Trinajstić information content (AvgIpc) is 2.49. The second-order valence-electron chi connectivity index (χ2n) is 5.12. The molecule has 0 aliphatic carbocycles. The zero-order valence-electron chi connectivity index (χ0n) is 11.9. The molecule has 0 radical (unpaired) electrons. The summed E-state index contributed by atoms with van der Waals surface area (Å²) < 4.78 is 0. The van der Waals surface area contributed by atoms with E-state index in [-0.39, 0.29) is 5.56 Å². The van der Waals surface area contributed by atoms with Crippen molar-refractivity contribution in [3.63, 3.8) is 0 Å². The highest BCUT2D eigenvalue weighted by molar-refractivity contribution is 6.07. The molecule has 0 aliphatic rings. The lowest BCUT2D eigenvalue weighted by atomic mass is 9.96. The Bertz CT molecular complexity index is 853. The van der Waals surface area contributed by atoms with E-state index in [1.807, 2.05) is 36.4 Å². The number of aryl methyl sites for hydroxylation is 1. The van der Waals surface area contributed by atoms with Gasteiger partial charge in [-0.2, -0.15) is 0 Å². The Morgan fingerprint density at radius 3 is 2.43 bits per heavy atom. The molecule has 0 saturated carbocycles. The maximum atomic E-state index is 11.3. The van der Waals surface area contributed by atoms with Gasteiger partial charge in [0.1, 0.15) is 0 Å². The third kappa shape index (κ3) is 2.17. The van der Waals surface area contributed by atoms with Gasteiger partial charge in [0, 0.05) is 17.1 Å². The van der Waals surface area contributed by atoms with Crippen molar-refractivity contribution in [2.75, 3.05) is 0 Å². The van der Waals surface area contributed by atoms with Gasteiger partial charge in [-0.1, -0.05) is 42.5 Å². The molecule has 3 nitrogen and oxygen atoms in total. The van der Waals surface area contributed by atoms with Crippen molar-refractivity contribution in [1.29, 1.82) is 0 Å². The number of carboxylic acids is 1. The first-order chi connectivity index (χ1) is 10.1. The van der Waals surface area contributed by atoms with Crippen LogP contribution in [0.1, 0.15) is 21.5 Å². The van der Waals surface area contributed by atoms with E-state index in [0.717, 1.165) is 22.0 Å². The number of hydrogen-bond acceptors (Lipinski definition) is 2. The molecule has 0 unspecified atom stereocenters. The van der Waals surface area contributed by atoms with Crippen LogP contribution in [-0.4, -0.2) is 16.1 Å². The first-order valence-corrected chi connectivity index (χ1v) is 6.77. The number of fused-ring (bicyclic) bond motifs is 1. The van der Waals surface area contributed by atoms with Gasteiger partial charge in [-0.25, -0.2) is 4.79 Å². The summed E-state index contributed by atoms with van der Waals surface area (Å²) in [6, 6.07) is 13.6. The summed E-state index contributed by atoms with van der Waals surface area (Å²) in [6.45, 7) is 4.12. The van der Waals surface area contributed by atoms with Gasteiger partial charge >= 0.3 is 5.97 Å². The van der Waals surface area contributed by atoms with Crippen LogP contribution in [-0.2, 0) is 0 Å². The second-order valence-corrected chi connectivity index (χ2v) is 5.12. The molecule has 0 spiro atoms. The molecule has 0 aliphatic heterocycles. The highest BCUT2D eigenvalue weighted by atomic mass is 16.4. The maximum absolute atomic E-state index is 11.3. The van der Waals surface area contributed by atoms with E-state index < -0.39 is 5.97 Å². The fraction of sp³-hybridized carbons (Fsp3) is 0.111. The van der Waals surface area contributed by atoms with Crippen LogP contribution in [0.4, 0.5) is 0 Å². The molecule has 1 aromatic heterocycles. The lowest BCUT2D eigenvalue weighted by Gasteiger charge is -2.12. The molecule has 2 aromatic carbocycles.